The Morgan fingerprint density at radius 2 is 1.96 bits per heavy atom. The van der Waals surface area contributed by atoms with Crippen LogP contribution < -0.4 is 0 Å². The summed E-state index contributed by atoms with van der Waals surface area (Å²) in [6.07, 6.45) is 5.34. The molecule has 3 aliphatic carbocycles. The summed E-state index contributed by atoms with van der Waals surface area (Å²) in [5.74, 6) is -0.661. The van der Waals surface area contributed by atoms with Crippen LogP contribution in [0.25, 0.3) is 0 Å². The SMILES string of the molecule is C=C(CO)[C@H]1C=C2C=C[C@@H]3C(C)(C)[C@@H](OC(C)=O)C[C@H](O)[C@@]3(C)[C@@H]2[C@@H](O)C1. The quantitative estimate of drug-likeness (QED) is 0.520. The van der Waals surface area contributed by atoms with Crippen LogP contribution in [0.1, 0.15) is 40.5 Å². The molecule has 1 fully saturated rings. The Bertz CT molecular complexity index is 691. The Balaban J connectivity index is 2.04. The van der Waals surface area contributed by atoms with E-state index in [4.69, 9.17) is 4.74 Å². The molecule has 3 rings (SSSR count). The zero-order valence-electron chi connectivity index (χ0n) is 16.7. The van der Waals surface area contributed by atoms with Crippen LogP contribution in [0.15, 0.2) is 36.0 Å². The van der Waals surface area contributed by atoms with Crippen LogP contribution in [0.3, 0.4) is 0 Å². The number of rotatable bonds is 3. The number of ether oxygens (including phenoxy) is 1. The maximum Gasteiger partial charge on any atom is 0.302 e. The molecule has 0 unspecified atom stereocenters. The molecule has 7 atom stereocenters. The lowest BCUT2D eigenvalue weighted by Crippen LogP contribution is -2.63. The van der Waals surface area contributed by atoms with Crippen molar-refractivity contribution in [1.82, 2.24) is 0 Å². The first kappa shape index (κ1) is 20.3. The van der Waals surface area contributed by atoms with Crippen molar-refractivity contribution < 1.29 is 24.9 Å². The van der Waals surface area contributed by atoms with E-state index in [0.29, 0.717) is 18.4 Å². The molecule has 3 N–H and O–H groups in total. The van der Waals surface area contributed by atoms with Gasteiger partial charge >= 0.3 is 5.97 Å². The highest BCUT2D eigenvalue weighted by atomic mass is 16.5. The van der Waals surface area contributed by atoms with E-state index in [-0.39, 0.29) is 41.8 Å². The molecule has 0 aliphatic heterocycles. The summed E-state index contributed by atoms with van der Waals surface area (Å²) in [5.41, 5.74) is 0.756. The summed E-state index contributed by atoms with van der Waals surface area (Å²) in [4.78, 5) is 11.6. The first-order valence-electron chi connectivity index (χ1n) is 9.75. The number of carbonyl (C=O) groups is 1. The van der Waals surface area contributed by atoms with Gasteiger partial charge in [0.1, 0.15) is 6.10 Å². The van der Waals surface area contributed by atoms with Crippen LogP contribution in [-0.4, -0.2) is 46.2 Å². The molecule has 150 valence electrons. The second-order valence-electron chi connectivity index (χ2n) is 9.24. The van der Waals surface area contributed by atoms with E-state index in [9.17, 15) is 20.1 Å². The highest BCUT2D eigenvalue weighted by Gasteiger charge is 2.62. The van der Waals surface area contributed by atoms with Crippen LogP contribution in [0, 0.1) is 28.6 Å². The summed E-state index contributed by atoms with van der Waals surface area (Å²) in [5, 5.41) is 31.6. The summed E-state index contributed by atoms with van der Waals surface area (Å²) in [6.45, 7) is 11.4. The molecule has 0 spiro atoms. The maximum absolute atomic E-state index is 11.6. The summed E-state index contributed by atoms with van der Waals surface area (Å²) < 4.78 is 5.55. The number of hydrogen-bond donors (Lipinski definition) is 3. The van der Waals surface area contributed by atoms with Crippen molar-refractivity contribution in [2.75, 3.05) is 6.61 Å². The molecule has 0 bridgehead atoms. The third-order valence-electron chi connectivity index (χ3n) is 7.28. The number of aliphatic hydroxyl groups is 3. The molecule has 0 saturated heterocycles. The van der Waals surface area contributed by atoms with Crippen LogP contribution in [0.5, 0.6) is 0 Å². The molecule has 0 aromatic rings. The van der Waals surface area contributed by atoms with Gasteiger partial charge in [0.25, 0.3) is 0 Å². The van der Waals surface area contributed by atoms with Gasteiger partial charge in [-0.1, -0.05) is 45.6 Å². The lowest BCUT2D eigenvalue weighted by molar-refractivity contribution is -0.196. The van der Waals surface area contributed by atoms with Gasteiger partial charge in [0.2, 0.25) is 0 Å². The van der Waals surface area contributed by atoms with Crippen molar-refractivity contribution in [2.45, 2.75) is 58.8 Å². The molecule has 27 heavy (non-hydrogen) atoms. The molecule has 0 amide bonds. The van der Waals surface area contributed by atoms with Gasteiger partial charge in [-0.3, -0.25) is 4.79 Å². The van der Waals surface area contributed by atoms with Gasteiger partial charge in [-0.15, -0.1) is 0 Å². The smallest absolute Gasteiger partial charge is 0.302 e. The van der Waals surface area contributed by atoms with Crippen LogP contribution in [0.2, 0.25) is 0 Å². The Hall–Kier alpha value is -1.43. The Morgan fingerprint density at radius 3 is 2.56 bits per heavy atom. The predicted molar refractivity (Wildman–Crippen MR) is 103 cm³/mol. The molecule has 5 nitrogen and oxygen atoms in total. The number of esters is 1. The molecular weight excluding hydrogens is 344 g/mol. The normalized spacial score (nSPS) is 42.6. The fourth-order valence-electron chi connectivity index (χ4n) is 5.79. The molecule has 0 radical (unpaired) electrons. The van der Waals surface area contributed by atoms with Crippen molar-refractivity contribution in [1.29, 1.82) is 0 Å². The molecule has 0 aromatic carbocycles. The van der Waals surface area contributed by atoms with Gasteiger partial charge < -0.3 is 20.1 Å². The monoisotopic (exact) mass is 376 g/mol. The fourth-order valence-corrected chi connectivity index (χ4v) is 5.79. The van der Waals surface area contributed by atoms with Gasteiger partial charge in [-0.05, 0) is 23.5 Å². The largest absolute Gasteiger partial charge is 0.462 e. The van der Waals surface area contributed by atoms with Gasteiger partial charge in [0.15, 0.2) is 0 Å². The molecule has 5 heteroatoms. The average molecular weight is 376 g/mol. The Morgan fingerprint density at radius 1 is 1.30 bits per heavy atom. The minimum Gasteiger partial charge on any atom is -0.462 e. The van der Waals surface area contributed by atoms with E-state index >= 15 is 0 Å². The molecule has 3 aliphatic rings. The minimum atomic E-state index is -0.703. The predicted octanol–water partition coefficient (Wildman–Crippen LogP) is 2.37. The van der Waals surface area contributed by atoms with E-state index in [2.05, 4.69) is 32.6 Å². The number of allylic oxidation sites excluding steroid dienone is 3. The number of carbonyl (C=O) groups excluding carboxylic acids is 1. The fraction of sp³-hybridized carbons (Fsp3) is 0.682. The van der Waals surface area contributed by atoms with E-state index in [1.807, 2.05) is 13.0 Å². The number of aliphatic hydroxyl groups excluding tert-OH is 3. The zero-order valence-corrected chi connectivity index (χ0v) is 16.7. The highest BCUT2D eigenvalue weighted by molar-refractivity contribution is 5.66. The van der Waals surface area contributed by atoms with Gasteiger partial charge in [-0.2, -0.15) is 0 Å². The second-order valence-corrected chi connectivity index (χ2v) is 9.24. The molecule has 1 saturated carbocycles. The molecule has 0 aromatic heterocycles. The van der Waals surface area contributed by atoms with E-state index < -0.39 is 17.6 Å². The number of fused-ring (bicyclic) bond motifs is 3. The summed E-state index contributed by atoms with van der Waals surface area (Å²) in [6, 6.07) is 0. The van der Waals surface area contributed by atoms with E-state index in [1.54, 1.807) is 0 Å². The van der Waals surface area contributed by atoms with Crippen LogP contribution in [-0.2, 0) is 9.53 Å². The van der Waals surface area contributed by atoms with E-state index in [0.717, 1.165) is 5.57 Å². The average Bonchev–Trinajstić information content (AvgIpc) is 2.58. The zero-order chi connectivity index (χ0) is 20.1. The first-order chi connectivity index (χ1) is 12.5. The maximum atomic E-state index is 11.6. The van der Waals surface area contributed by atoms with Gasteiger partial charge in [0.05, 0.1) is 18.8 Å². The third-order valence-corrected chi connectivity index (χ3v) is 7.28. The standard InChI is InChI=1S/C22H32O5/c1-12(11-23)15-8-14-6-7-17-21(3,4)19(27-13(2)24)10-18(26)22(17,5)20(14)16(25)9-15/h6-8,15-20,23,25-26H,1,9-11H2,2-5H3/t15-,16-,17+,18-,19-,20-,22-/m0/s1. The molecule has 0 heterocycles. The van der Waals surface area contributed by atoms with Crippen molar-refractivity contribution in [3.8, 4) is 0 Å². The first-order valence-corrected chi connectivity index (χ1v) is 9.75. The van der Waals surface area contributed by atoms with Crippen molar-refractivity contribution in [3.63, 3.8) is 0 Å². The second kappa shape index (κ2) is 6.87. The summed E-state index contributed by atoms with van der Waals surface area (Å²) in [7, 11) is 0. The van der Waals surface area contributed by atoms with Gasteiger partial charge in [0, 0.05) is 36.0 Å². The Labute approximate surface area is 161 Å². The third kappa shape index (κ3) is 3.10. The van der Waals surface area contributed by atoms with Crippen LogP contribution >= 0.6 is 0 Å². The lowest BCUT2D eigenvalue weighted by Gasteiger charge is -2.61. The lowest BCUT2D eigenvalue weighted by atomic mass is 9.45. The topological polar surface area (TPSA) is 87.0 Å². The van der Waals surface area contributed by atoms with Gasteiger partial charge in [-0.25, -0.2) is 0 Å². The van der Waals surface area contributed by atoms with Crippen molar-refractivity contribution in [2.24, 2.45) is 28.6 Å². The van der Waals surface area contributed by atoms with Crippen molar-refractivity contribution in [3.05, 3.63) is 36.0 Å². The van der Waals surface area contributed by atoms with Crippen LogP contribution in [0.4, 0.5) is 0 Å². The highest BCUT2D eigenvalue weighted by Crippen LogP contribution is 2.61. The Kier molecular flexibility index (Phi) is 5.17. The van der Waals surface area contributed by atoms with E-state index in [1.165, 1.54) is 6.92 Å². The van der Waals surface area contributed by atoms with Crippen molar-refractivity contribution >= 4 is 5.97 Å². The number of hydrogen-bond acceptors (Lipinski definition) is 5. The molecular formula is C22H32O5. The minimum absolute atomic E-state index is 0.0486. The summed E-state index contributed by atoms with van der Waals surface area (Å²) >= 11 is 0.